The average molecular weight is 274 g/mol. The number of rotatable bonds is 4. The second kappa shape index (κ2) is 5.25. The van der Waals surface area contributed by atoms with Gasteiger partial charge in [0.05, 0.1) is 30.4 Å². The number of carbonyl (C=O) groups is 2. The molecular weight excluding hydrogens is 256 g/mol. The van der Waals surface area contributed by atoms with Gasteiger partial charge in [0, 0.05) is 5.69 Å². The first-order valence-electron chi connectivity index (χ1n) is 7.04. The molecule has 1 fully saturated rings. The van der Waals surface area contributed by atoms with Crippen molar-refractivity contribution in [1.82, 2.24) is 4.90 Å². The molecule has 0 unspecified atom stereocenters. The van der Waals surface area contributed by atoms with Gasteiger partial charge in [-0.15, -0.1) is 0 Å². The van der Waals surface area contributed by atoms with Crippen molar-refractivity contribution >= 4 is 17.5 Å². The van der Waals surface area contributed by atoms with Crippen LogP contribution in [0.1, 0.15) is 46.4 Å². The lowest BCUT2D eigenvalue weighted by molar-refractivity contribution is 0.0360. The fraction of sp³-hybridized carbons (Fsp3) is 0.467. The Morgan fingerprint density at radius 1 is 1.15 bits per heavy atom. The fourth-order valence-electron chi connectivity index (χ4n) is 2.88. The molecule has 1 aliphatic carbocycles. The van der Waals surface area contributed by atoms with Gasteiger partial charge in [0.1, 0.15) is 0 Å². The molecule has 0 radical (unpaired) electrons. The van der Waals surface area contributed by atoms with Crippen molar-refractivity contribution in [3.8, 4) is 0 Å². The quantitative estimate of drug-likeness (QED) is 0.671. The summed E-state index contributed by atoms with van der Waals surface area (Å²) in [6, 6.07) is 4.82. The first-order valence-corrected chi connectivity index (χ1v) is 7.04. The van der Waals surface area contributed by atoms with E-state index in [2.05, 4.69) is 0 Å². The van der Waals surface area contributed by atoms with Crippen LogP contribution in [0.4, 0.5) is 5.69 Å². The van der Waals surface area contributed by atoms with Gasteiger partial charge in [-0.1, -0.05) is 12.8 Å². The van der Waals surface area contributed by atoms with Crippen molar-refractivity contribution in [3.05, 3.63) is 29.3 Å². The van der Waals surface area contributed by atoms with E-state index in [1.54, 1.807) is 18.2 Å². The number of ether oxygens (including phenoxy) is 1. The van der Waals surface area contributed by atoms with E-state index in [1.165, 1.54) is 17.7 Å². The second-order valence-corrected chi connectivity index (χ2v) is 5.34. The number of amides is 2. The molecule has 20 heavy (non-hydrogen) atoms. The molecule has 0 saturated heterocycles. The maximum atomic E-state index is 12.2. The molecule has 1 aromatic rings. The largest absolute Gasteiger partial charge is 0.399 e. The maximum absolute atomic E-state index is 12.2. The minimum atomic E-state index is -0.271. The van der Waals surface area contributed by atoms with Gasteiger partial charge in [0.15, 0.2) is 0 Å². The SMILES string of the molecule is Nc1ccc2c(c1)C(=O)N(CCOC1CCCC1)C2=O. The van der Waals surface area contributed by atoms with Crippen LogP contribution in [-0.4, -0.2) is 36.0 Å². The highest BCUT2D eigenvalue weighted by atomic mass is 16.5. The molecule has 5 heteroatoms. The molecule has 2 N–H and O–H groups in total. The summed E-state index contributed by atoms with van der Waals surface area (Å²) in [6.45, 7) is 0.717. The highest BCUT2D eigenvalue weighted by Gasteiger charge is 2.35. The van der Waals surface area contributed by atoms with E-state index in [0.29, 0.717) is 36.1 Å². The van der Waals surface area contributed by atoms with E-state index in [4.69, 9.17) is 10.5 Å². The number of carbonyl (C=O) groups excluding carboxylic acids is 2. The Balaban J connectivity index is 1.64. The number of nitrogen functional groups attached to an aromatic ring is 1. The normalized spacial score (nSPS) is 18.9. The number of nitrogens with two attached hydrogens (primary N) is 1. The van der Waals surface area contributed by atoms with Gasteiger partial charge in [-0.3, -0.25) is 14.5 Å². The van der Waals surface area contributed by atoms with Crippen LogP contribution < -0.4 is 5.73 Å². The summed E-state index contributed by atoms with van der Waals surface area (Å²) in [4.78, 5) is 25.6. The summed E-state index contributed by atoms with van der Waals surface area (Å²) in [7, 11) is 0. The lowest BCUT2D eigenvalue weighted by Crippen LogP contribution is -2.33. The van der Waals surface area contributed by atoms with E-state index in [-0.39, 0.29) is 11.8 Å². The molecule has 2 aliphatic rings. The molecule has 3 rings (SSSR count). The van der Waals surface area contributed by atoms with Gasteiger partial charge in [0.2, 0.25) is 0 Å². The van der Waals surface area contributed by atoms with Crippen LogP contribution in [0.5, 0.6) is 0 Å². The Labute approximate surface area is 117 Å². The molecule has 0 spiro atoms. The molecule has 106 valence electrons. The minimum absolute atomic E-state index is 0.250. The van der Waals surface area contributed by atoms with Crippen LogP contribution in [0, 0.1) is 0 Å². The smallest absolute Gasteiger partial charge is 0.261 e. The zero-order chi connectivity index (χ0) is 14.1. The Morgan fingerprint density at radius 3 is 2.60 bits per heavy atom. The molecular formula is C15H18N2O3. The summed E-state index contributed by atoms with van der Waals surface area (Å²) in [5.41, 5.74) is 6.99. The topological polar surface area (TPSA) is 72.6 Å². The monoisotopic (exact) mass is 274 g/mol. The Bertz CT molecular complexity index is 550. The zero-order valence-corrected chi connectivity index (χ0v) is 11.3. The van der Waals surface area contributed by atoms with E-state index in [1.807, 2.05) is 0 Å². The van der Waals surface area contributed by atoms with Crippen LogP contribution >= 0.6 is 0 Å². The van der Waals surface area contributed by atoms with Gasteiger partial charge in [-0.25, -0.2) is 0 Å². The van der Waals surface area contributed by atoms with Crippen molar-refractivity contribution in [3.63, 3.8) is 0 Å². The predicted molar refractivity (Wildman–Crippen MR) is 74.4 cm³/mol. The number of fused-ring (bicyclic) bond motifs is 1. The molecule has 0 atom stereocenters. The van der Waals surface area contributed by atoms with Crippen LogP contribution in [0.2, 0.25) is 0 Å². The highest BCUT2D eigenvalue weighted by molar-refractivity contribution is 6.21. The number of nitrogens with zero attached hydrogens (tertiary/aromatic N) is 1. The molecule has 1 aromatic carbocycles. The number of hydrogen-bond donors (Lipinski definition) is 1. The van der Waals surface area contributed by atoms with Crippen molar-refractivity contribution in [2.45, 2.75) is 31.8 Å². The summed E-state index contributed by atoms with van der Waals surface area (Å²) in [5, 5.41) is 0. The average Bonchev–Trinajstić information content (AvgIpc) is 3.02. The summed E-state index contributed by atoms with van der Waals surface area (Å²) in [6.07, 6.45) is 4.87. The van der Waals surface area contributed by atoms with E-state index < -0.39 is 0 Å². The molecule has 2 amide bonds. The van der Waals surface area contributed by atoms with Crippen molar-refractivity contribution < 1.29 is 14.3 Å². The molecule has 1 aliphatic heterocycles. The number of benzene rings is 1. The van der Waals surface area contributed by atoms with E-state index in [9.17, 15) is 9.59 Å². The number of anilines is 1. The second-order valence-electron chi connectivity index (χ2n) is 5.34. The van der Waals surface area contributed by atoms with Crippen molar-refractivity contribution in [1.29, 1.82) is 0 Å². The third-order valence-electron chi connectivity index (χ3n) is 3.97. The standard InChI is InChI=1S/C15H18N2O3/c16-10-5-6-12-13(9-10)15(19)17(14(12)18)7-8-20-11-3-1-2-4-11/h5-6,9,11H,1-4,7-8,16H2. The maximum Gasteiger partial charge on any atom is 0.261 e. The van der Waals surface area contributed by atoms with Gasteiger partial charge in [0.25, 0.3) is 11.8 Å². The van der Waals surface area contributed by atoms with Gasteiger partial charge < -0.3 is 10.5 Å². The Hall–Kier alpha value is -1.88. The summed E-state index contributed by atoms with van der Waals surface area (Å²) < 4.78 is 5.71. The number of hydrogen-bond acceptors (Lipinski definition) is 4. The van der Waals surface area contributed by atoms with Crippen molar-refractivity contribution in [2.24, 2.45) is 0 Å². The predicted octanol–water partition coefficient (Wildman–Crippen LogP) is 1.82. The Morgan fingerprint density at radius 2 is 1.85 bits per heavy atom. The number of imide groups is 1. The van der Waals surface area contributed by atoms with Crippen LogP contribution in [0.15, 0.2) is 18.2 Å². The lowest BCUT2D eigenvalue weighted by Gasteiger charge is -2.16. The van der Waals surface area contributed by atoms with Crippen LogP contribution in [0.25, 0.3) is 0 Å². The van der Waals surface area contributed by atoms with Gasteiger partial charge in [-0.05, 0) is 31.0 Å². The van der Waals surface area contributed by atoms with Gasteiger partial charge in [-0.2, -0.15) is 0 Å². The molecule has 0 aromatic heterocycles. The third kappa shape index (κ3) is 2.29. The van der Waals surface area contributed by atoms with Crippen LogP contribution in [0.3, 0.4) is 0 Å². The molecule has 5 nitrogen and oxygen atoms in total. The van der Waals surface area contributed by atoms with E-state index >= 15 is 0 Å². The molecule has 1 saturated carbocycles. The van der Waals surface area contributed by atoms with Crippen molar-refractivity contribution in [2.75, 3.05) is 18.9 Å². The Kier molecular flexibility index (Phi) is 3.44. The third-order valence-corrected chi connectivity index (χ3v) is 3.97. The van der Waals surface area contributed by atoms with Gasteiger partial charge >= 0.3 is 0 Å². The first kappa shape index (κ1) is 13.1. The molecule has 1 heterocycles. The minimum Gasteiger partial charge on any atom is -0.399 e. The summed E-state index contributed by atoms with van der Waals surface area (Å²) >= 11 is 0. The first-order chi connectivity index (χ1) is 9.66. The summed E-state index contributed by atoms with van der Waals surface area (Å²) in [5.74, 6) is -0.521. The fourth-order valence-corrected chi connectivity index (χ4v) is 2.88. The lowest BCUT2D eigenvalue weighted by atomic mass is 10.1. The molecule has 0 bridgehead atoms. The van der Waals surface area contributed by atoms with Crippen LogP contribution in [-0.2, 0) is 4.74 Å². The zero-order valence-electron chi connectivity index (χ0n) is 11.3. The van der Waals surface area contributed by atoms with E-state index in [0.717, 1.165) is 12.8 Å². The highest BCUT2D eigenvalue weighted by Crippen LogP contribution is 2.25.